The Morgan fingerprint density at radius 3 is 2.34 bits per heavy atom. The summed E-state index contributed by atoms with van der Waals surface area (Å²) < 4.78 is 56.3. The van der Waals surface area contributed by atoms with Gasteiger partial charge >= 0.3 is 13.3 Å². The first-order chi connectivity index (χ1) is 18.1. The number of aromatic nitrogens is 2. The minimum Gasteiger partial charge on any atom is -0.382 e. The SMILES string of the molecule is CCCCO[C@H](CP(=O)(OCC)OCC)C1OC(n2cc(C)c(=O)[nH]c2=O)[C@H](OCCOC)[C@@H]1OC(C)C. The highest BCUT2D eigenvalue weighted by Gasteiger charge is 2.52. The van der Waals surface area contributed by atoms with Crippen molar-refractivity contribution in [3.63, 3.8) is 0 Å². The van der Waals surface area contributed by atoms with E-state index >= 15 is 0 Å². The Kier molecular flexibility index (Phi) is 13.9. The Hall–Kier alpha value is -1.37. The van der Waals surface area contributed by atoms with E-state index in [1.807, 2.05) is 20.8 Å². The van der Waals surface area contributed by atoms with Gasteiger partial charge in [-0.2, -0.15) is 0 Å². The van der Waals surface area contributed by atoms with Gasteiger partial charge in [0.05, 0.1) is 44.8 Å². The zero-order valence-corrected chi connectivity index (χ0v) is 24.6. The molecule has 2 rings (SSSR count). The van der Waals surface area contributed by atoms with Crippen molar-refractivity contribution in [2.45, 2.75) is 91.1 Å². The molecule has 1 aliphatic heterocycles. The number of aromatic amines is 1. The summed E-state index contributed by atoms with van der Waals surface area (Å²) in [6.45, 7) is 12.2. The lowest BCUT2D eigenvalue weighted by molar-refractivity contribution is -0.123. The summed E-state index contributed by atoms with van der Waals surface area (Å²) in [4.78, 5) is 27.2. The second-order valence-corrected chi connectivity index (χ2v) is 11.4. The number of ether oxygens (including phenoxy) is 5. The van der Waals surface area contributed by atoms with Gasteiger partial charge < -0.3 is 32.7 Å². The molecular weight excluding hydrogens is 519 g/mol. The van der Waals surface area contributed by atoms with Crippen molar-refractivity contribution < 1.29 is 37.3 Å². The fourth-order valence-corrected chi connectivity index (χ4v) is 6.09. The maximum atomic E-state index is 13.6. The number of nitrogens with one attached hydrogen (secondary N) is 1. The lowest BCUT2D eigenvalue weighted by Crippen LogP contribution is -2.46. The zero-order valence-electron chi connectivity index (χ0n) is 23.7. The quantitative estimate of drug-likeness (QED) is 0.209. The number of hydrogen-bond acceptors (Lipinski definition) is 10. The summed E-state index contributed by atoms with van der Waals surface area (Å²) >= 11 is 0. The molecule has 220 valence electrons. The number of aryl methyl sites for hydroxylation is 1. The van der Waals surface area contributed by atoms with E-state index in [0.29, 0.717) is 18.8 Å². The standard InChI is InChI=1S/C25H45N2O10P/c1-8-11-12-32-19(16-38(30,34-9-2)35-10-3)20-21(36-17(4)5)22(33-14-13-31-7)24(37-20)27-15-18(6)23(28)26-25(27)29/h15,17,19-22,24H,8-14,16H2,1-7H3,(H,26,28,29)/t19-,20?,21-,22-,24?/m1/s1. The first kappa shape index (κ1) is 32.8. The fraction of sp³-hybridized carbons (Fsp3) is 0.840. The van der Waals surface area contributed by atoms with E-state index < -0.39 is 49.5 Å². The second kappa shape index (κ2) is 16.0. The van der Waals surface area contributed by atoms with Crippen LogP contribution < -0.4 is 11.2 Å². The van der Waals surface area contributed by atoms with Crippen LogP contribution in [0.1, 0.15) is 59.3 Å². The Bertz CT molecular complexity index is 987. The van der Waals surface area contributed by atoms with Crippen LogP contribution in [0.15, 0.2) is 15.8 Å². The molecule has 0 aliphatic carbocycles. The molecule has 1 N–H and O–H groups in total. The number of methoxy groups -OCH3 is 1. The van der Waals surface area contributed by atoms with E-state index in [2.05, 4.69) is 4.98 Å². The van der Waals surface area contributed by atoms with Gasteiger partial charge in [-0.25, -0.2) is 4.79 Å². The van der Waals surface area contributed by atoms with Crippen LogP contribution in [0.5, 0.6) is 0 Å². The van der Waals surface area contributed by atoms with Gasteiger partial charge in [-0.15, -0.1) is 0 Å². The highest BCUT2D eigenvalue weighted by molar-refractivity contribution is 7.53. The molecule has 2 unspecified atom stereocenters. The average Bonchev–Trinajstić information content (AvgIpc) is 3.18. The average molecular weight is 565 g/mol. The van der Waals surface area contributed by atoms with Crippen LogP contribution in [0, 0.1) is 6.92 Å². The Labute approximate surface area is 224 Å². The molecule has 1 fully saturated rings. The Balaban J connectivity index is 2.57. The minimum absolute atomic E-state index is 0.0714. The lowest BCUT2D eigenvalue weighted by atomic mass is 10.1. The van der Waals surface area contributed by atoms with Crippen LogP contribution in [0.4, 0.5) is 0 Å². The molecule has 1 aromatic rings. The van der Waals surface area contributed by atoms with Crippen LogP contribution >= 0.6 is 7.60 Å². The third-order valence-electron chi connectivity index (χ3n) is 5.92. The summed E-state index contributed by atoms with van der Waals surface area (Å²) in [5.41, 5.74) is -0.794. The largest absolute Gasteiger partial charge is 0.382 e. The zero-order chi connectivity index (χ0) is 28.3. The Morgan fingerprint density at radius 2 is 1.76 bits per heavy atom. The van der Waals surface area contributed by atoms with E-state index in [4.69, 9.17) is 32.7 Å². The van der Waals surface area contributed by atoms with Crippen molar-refractivity contribution >= 4 is 7.60 Å². The van der Waals surface area contributed by atoms with Crippen molar-refractivity contribution in [1.29, 1.82) is 0 Å². The predicted molar refractivity (Wildman–Crippen MR) is 142 cm³/mol. The van der Waals surface area contributed by atoms with Crippen molar-refractivity contribution in [1.82, 2.24) is 9.55 Å². The molecule has 1 aliphatic rings. The molecule has 0 amide bonds. The summed E-state index contributed by atoms with van der Waals surface area (Å²) in [7, 11) is -1.98. The van der Waals surface area contributed by atoms with E-state index in [9.17, 15) is 14.2 Å². The monoisotopic (exact) mass is 564 g/mol. The number of rotatable bonds is 18. The van der Waals surface area contributed by atoms with Gasteiger partial charge in [-0.1, -0.05) is 13.3 Å². The van der Waals surface area contributed by atoms with Crippen molar-refractivity contribution in [3.05, 3.63) is 32.6 Å². The van der Waals surface area contributed by atoms with Gasteiger partial charge in [0.1, 0.15) is 18.3 Å². The maximum Gasteiger partial charge on any atom is 0.333 e. The summed E-state index contributed by atoms with van der Waals surface area (Å²) in [5.74, 6) is 0. The normalized spacial score (nSPS) is 22.8. The molecule has 0 bridgehead atoms. The van der Waals surface area contributed by atoms with Crippen molar-refractivity contribution in [2.24, 2.45) is 0 Å². The lowest BCUT2D eigenvalue weighted by Gasteiger charge is -2.32. The summed E-state index contributed by atoms with van der Waals surface area (Å²) in [6.07, 6.45) is -1.17. The molecule has 0 spiro atoms. The van der Waals surface area contributed by atoms with E-state index in [1.54, 1.807) is 27.9 Å². The molecule has 0 saturated carbocycles. The van der Waals surface area contributed by atoms with Crippen LogP contribution in [-0.4, -0.2) is 86.4 Å². The molecule has 2 heterocycles. The fourth-order valence-electron chi connectivity index (χ4n) is 4.26. The third kappa shape index (κ3) is 9.09. The van der Waals surface area contributed by atoms with Gasteiger partial charge in [0.15, 0.2) is 6.23 Å². The molecule has 1 aromatic heterocycles. The maximum absolute atomic E-state index is 13.6. The van der Waals surface area contributed by atoms with Gasteiger partial charge in [0.2, 0.25) is 0 Å². The van der Waals surface area contributed by atoms with Gasteiger partial charge in [0.25, 0.3) is 5.56 Å². The molecule has 5 atom stereocenters. The molecular formula is C25H45N2O10P. The second-order valence-electron chi connectivity index (χ2n) is 9.34. The Morgan fingerprint density at radius 1 is 1.08 bits per heavy atom. The van der Waals surface area contributed by atoms with Crippen molar-refractivity contribution in [3.8, 4) is 0 Å². The number of hydrogen-bond donors (Lipinski definition) is 1. The van der Waals surface area contributed by atoms with Crippen LogP contribution in [0.25, 0.3) is 0 Å². The van der Waals surface area contributed by atoms with E-state index in [1.165, 1.54) is 10.8 Å². The minimum atomic E-state index is -3.54. The van der Waals surface area contributed by atoms with Crippen LogP contribution in [-0.2, 0) is 37.3 Å². The molecule has 1 saturated heterocycles. The summed E-state index contributed by atoms with van der Waals surface area (Å²) in [5, 5.41) is 0. The summed E-state index contributed by atoms with van der Waals surface area (Å²) in [6, 6.07) is 0. The van der Waals surface area contributed by atoms with Crippen LogP contribution in [0.3, 0.4) is 0 Å². The van der Waals surface area contributed by atoms with Gasteiger partial charge in [-0.05, 0) is 41.0 Å². The molecule has 12 nitrogen and oxygen atoms in total. The number of nitrogens with zero attached hydrogens (tertiary/aromatic N) is 1. The third-order valence-corrected chi connectivity index (χ3v) is 8.03. The molecule has 0 radical (unpaired) electrons. The number of H-pyrrole nitrogens is 1. The van der Waals surface area contributed by atoms with Gasteiger partial charge in [0, 0.05) is 25.5 Å². The molecule has 38 heavy (non-hydrogen) atoms. The van der Waals surface area contributed by atoms with Crippen LogP contribution in [0.2, 0.25) is 0 Å². The van der Waals surface area contributed by atoms with Crippen molar-refractivity contribution in [2.75, 3.05) is 46.3 Å². The van der Waals surface area contributed by atoms with Gasteiger partial charge in [-0.3, -0.25) is 18.9 Å². The molecule has 13 heteroatoms. The number of unbranched alkanes of at least 4 members (excludes halogenated alkanes) is 1. The highest BCUT2D eigenvalue weighted by atomic mass is 31.2. The van der Waals surface area contributed by atoms with E-state index in [0.717, 1.165) is 12.8 Å². The van der Waals surface area contributed by atoms with E-state index in [-0.39, 0.29) is 32.1 Å². The topological polar surface area (TPSA) is 137 Å². The smallest absolute Gasteiger partial charge is 0.333 e. The first-order valence-corrected chi connectivity index (χ1v) is 15.1. The predicted octanol–water partition coefficient (Wildman–Crippen LogP) is 3.02. The highest BCUT2D eigenvalue weighted by Crippen LogP contribution is 2.50. The first-order valence-electron chi connectivity index (χ1n) is 13.3. The molecule has 0 aromatic carbocycles.